The highest BCUT2D eigenvalue weighted by Crippen LogP contribution is 2.28. The number of hydrogen-bond donors (Lipinski definition) is 2. The largest absolute Gasteiger partial charge is 0.481 e. The Morgan fingerprint density at radius 3 is 2.53 bits per heavy atom. The average molecular weight is 269 g/mol. The SMILES string of the molecule is CC(CNCCC(C)(C)C(=O)O)CC1CCCCC1. The minimum absolute atomic E-state index is 0.612. The highest BCUT2D eigenvalue weighted by Gasteiger charge is 2.26. The zero-order valence-electron chi connectivity index (χ0n) is 12.9. The molecule has 0 aromatic carbocycles. The number of carboxylic acids is 1. The van der Waals surface area contributed by atoms with Crippen LogP contribution in [0.25, 0.3) is 0 Å². The highest BCUT2D eigenvalue weighted by molar-refractivity contribution is 5.73. The molecule has 0 aromatic rings. The van der Waals surface area contributed by atoms with E-state index in [0.29, 0.717) is 12.3 Å². The Balaban J connectivity index is 2.09. The third-order valence-electron chi connectivity index (χ3n) is 4.46. The third-order valence-corrected chi connectivity index (χ3v) is 4.46. The van der Waals surface area contributed by atoms with Crippen molar-refractivity contribution in [2.24, 2.45) is 17.3 Å². The highest BCUT2D eigenvalue weighted by atomic mass is 16.4. The Morgan fingerprint density at radius 1 is 1.32 bits per heavy atom. The zero-order valence-corrected chi connectivity index (χ0v) is 12.9. The first-order chi connectivity index (χ1) is 8.92. The Labute approximate surface area is 118 Å². The van der Waals surface area contributed by atoms with Gasteiger partial charge in [-0.15, -0.1) is 0 Å². The van der Waals surface area contributed by atoms with Crippen LogP contribution in [-0.2, 0) is 4.79 Å². The lowest BCUT2D eigenvalue weighted by Gasteiger charge is -2.25. The van der Waals surface area contributed by atoms with E-state index in [-0.39, 0.29) is 0 Å². The van der Waals surface area contributed by atoms with Gasteiger partial charge in [-0.25, -0.2) is 0 Å². The molecule has 112 valence electrons. The van der Waals surface area contributed by atoms with Crippen LogP contribution in [0.15, 0.2) is 0 Å². The molecule has 0 spiro atoms. The molecule has 3 heteroatoms. The van der Waals surface area contributed by atoms with Crippen molar-refractivity contribution in [1.82, 2.24) is 5.32 Å². The van der Waals surface area contributed by atoms with E-state index >= 15 is 0 Å². The summed E-state index contributed by atoms with van der Waals surface area (Å²) in [4.78, 5) is 11.0. The second-order valence-electron chi connectivity index (χ2n) is 6.99. The van der Waals surface area contributed by atoms with E-state index in [4.69, 9.17) is 5.11 Å². The number of nitrogens with one attached hydrogen (secondary N) is 1. The third kappa shape index (κ3) is 6.42. The lowest BCUT2D eigenvalue weighted by molar-refractivity contribution is -0.147. The Kier molecular flexibility index (Phi) is 6.84. The van der Waals surface area contributed by atoms with Crippen molar-refractivity contribution in [2.45, 2.75) is 65.7 Å². The summed E-state index contributed by atoms with van der Waals surface area (Å²) in [5.41, 5.74) is -0.612. The first-order valence-electron chi connectivity index (χ1n) is 7.86. The van der Waals surface area contributed by atoms with Crippen LogP contribution in [0.4, 0.5) is 0 Å². The van der Waals surface area contributed by atoms with Gasteiger partial charge in [0, 0.05) is 0 Å². The van der Waals surface area contributed by atoms with Crippen molar-refractivity contribution in [1.29, 1.82) is 0 Å². The van der Waals surface area contributed by atoms with Crippen molar-refractivity contribution < 1.29 is 9.90 Å². The first kappa shape index (κ1) is 16.5. The molecule has 0 heterocycles. The number of aliphatic carboxylic acids is 1. The van der Waals surface area contributed by atoms with Crippen molar-refractivity contribution in [2.75, 3.05) is 13.1 Å². The van der Waals surface area contributed by atoms with Crippen LogP contribution < -0.4 is 5.32 Å². The molecule has 1 atom stereocenters. The molecule has 2 N–H and O–H groups in total. The quantitative estimate of drug-likeness (QED) is 0.661. The molecule has 19 heavy (non-hydrogen) atoms. The standard InChI is InChI=1S/C16H31NO2/c1-13(11-14-7-5-4-6-8-14)12-17-10-9-16(2,3)15(18)19/h13-14,17H,4-12H2,1-3H3,(H,18,19). The maximum atomic E-state index is 11.0. The van der Waals surface area contributed by atoms with E-state index in [1.165, 1.54) is 38.5 Å². The summed E-state index contributed by atoms with van der Waals surface area (Å²) >= 11 is 0. The lowest BCUT2D eigenvalue weighted by atomic mass is 9.83. The summed E-state index contributed by atoms with van der Waals surface area (Å²) in [6.45, 7) is 7.72. The molecule has 0 bridgehead atoms. The molecule has 1 aliphatic carbocycles. The van der Waals surface area contributed by atoms with Gasteiger partial charge in [0.05, 0.1) is 5.41 Å². The summed E-state index contributed by atoms with van der Waals surface area (Å²) in [6, 6.07) is 0. The normalized spacial score (nSPS) is 19.3. The Hall–Kier alpha value is -0.570. The van der Waals surface area contributed by atoms with Crippen LogP contribution in [-0.4, -0.2) is 24.2 Å². The van der Waals surface area contributed by atoms with Crippen molar-refractivity contribution in [3.05, 3.63) is 0 Å². The minimum Gasteiger partial charge on any atom is -0.481 e. The van der Waals surface area contributed by atoms with Gasteiger partial charge < -0.3 is 10.4 Å². The summed E-state index contributed by atoms with van der Waals surface area (Å²) < 4.78 is 0. The Bertz CT molecular complexity index is 270. The molecule has 1 unspecified atom stereocenters. The summed E-state index contributed by atoms with van der Waals surface area (Å²) in [6.07, 6.45) is 9.10. The van der Waals surface area contributed by atoms with Crippen molar-refractivity contribution >= 4 is 5.97 Å². The predicted molar refractivity (Wildman–Crippen MR) is 79.3 cm³/mol. The molecule has 1 saturated carbocycles. The molecule has 1 rings (SSSR count). The van der Waals surface area contributed by atoms with E-state index < -0.39 is 11.4 Å². The van der Waals surface area contributed by atoms with E-state index in [0.717, 1.165) is 19.0 Å². The van der Waals surface area contributed by atoms with Crippen LogP contribution in [0.3, 0.4) is 0 Å². The summed E-state index contributed by atoms with van der Waals surface area (Å²) in [5.74, 6) is 0.932. The number of carbonyl (C=O) groups is 1. The zero-order chi connectivity index (χ0) is 14.3. The molecule has 0 aliphatic heterocycles. The number of carboxylic acid groups (broad SMARTS) is 1. The number of rotatable bonds is 8. The minimum atomic E-state index is -0.704. The Morgan fingerprint density at radius 2 is 1.95 bits per heavy atom. The van der Waals surface area contributed by atoms with Crippen LogP contribution in [0, 0.1) is 17.3 Å². The molecule has 0 radical (unpaired) electrons. The van der Waals surface area contributed by atoms with Gasteiger partial charge in [-0.2, -0.15) is 0 Å². The molecule has 0 saturated heterocycles. The summed E-state index contributed by atoms with van der Waals surface area (Å²) in [5, 5.41) is 12.5. The molecule has 1 fully saturated rings. The second kappa shape index (κ2) is 7.88. The van der Waals surface area contributed by atoms with Gasteiger partial charge in [0.2, 0.25) is 0 Å². The second-order valence-corrected chi connectivity index (χ2v) is 6.99. The van der Waals surface area contributed by atoms with E-state index in [1.54, 1.807) is 13.8 Å². The predicted octanol–water partition coefficient (Wildman–Crippen LogP) is 3.68. The van der Waals surface area contributed by atoms with E-state index in [1.807, 2.05) is 0 Å². The van der Waals surface area contributed by atoms with E-state index in [2.05, 4.69) is 12.2 Å². The smallest absolute Gasteiger partial charge is 0.309 e. The molecule has 0 amide bonds. The van der Waals surface area contributed by atoms with Gasteiger partial charge in [0.1, 0.15) is 0 Å². The topological polar surface area (TPSA) is 49.3 Å². The fraction of sp³-hybridized carbons (Fsp3) is 0.938. The maximum absolute atomic E-state index is 11.0. The fourth-order valence-electron chi connectivity index (χ4n) is 2.93. The molecule has 1 aliphatic rings. The molecular formula is C16H31NO2. The van der Waals surface area contributed by atoms with Gasteiger partial charge in [-0.05, 0) is 51.6 Å². The molecule has 3 nitrogen and oxygen atoms in total. The molecule has 0 aromatic heterocycles. The monoisotopic (exact) mass is 269 g/mol. The van der Waals surface area contributed by atoms with Crippen LogP contribution in [0.2, 0.25) is 0 Å². The van der Waals surface area contributed by atoms with Crippen molar-refractivity contribution in [3.63, 3.8) is 0 Å². The summed E-state index contributed by atoms with van der Waals surface area (Å²) in [7, 11) is 0. The van der Waals surface area contributed by atoms with Gasteiger partial charge in [-0.1, -0.05) is 39.0 Å². The van der Waals surface area contributed by atoms with Gasteiger partial charge in [-0.3, -0.25) is 4.79 Å². The van der Waals surface area contributed by atoms with Gasteiger partial charge in [0.25, 0.3) is 0 Å². The van der Waals surface area contributed by atoms with Crippen LogP contribution in [0.5, 0.6) is 0 Å². The molecular weight excluding hydrogens is 238 g/mol. The first-order valence-corrected chi connectivity index (χ1v) is 7.86. The van der Waals surface area contributed by atoms with Gasteiger partial charge in [0.15, 0.2) is 0 Å². The van der Waals surface area contributed by atoms with Crippen molar-refractivity contribution in [3.8, 4) is 0 Å². The number of hydrogen-bond acceptors (Lipinski definition) is 2. The maximum Gasteiger partial charge on any atom is 0.309 e. The van der Waals surface area contributed by atoms with Crippen LogP contribution in [0.1, 0.15) is 65.7 Å². The average Bonchev–Trinajstić information content (AvgIpc) is 2.36. The van der Waals surface area contributed by atoms with E-state index in [9.17, 15) is 4.79 Å². The van der Waals surface area contributed by atoms with Gasteiger partial charge >= 0.3 is 5.97 Å². The fourth-order valence-corrected chi connectivity index (χ4v) is 2.93. The lowest BCUT2D eigenvalue weighted by Crippen LogP contribution is -2.31. The van der Waals surface area contributed by atoms with Crippen LogP contribution >= 0.6 is 0 Å².